The Morgan fingerprint density at radius 2 is 0.807 bits per heavy atom. The third kappa shape index (κ3) is 5.60. The van der Waals surface area contributed by atoms with Gasteiger partial charge in [0.15, 0.2) is 0 Å². The molecule has 0 amide bonds. The molecule has 11 aromatic rings. The summed E-state index contributed by atoms with van der Waals surface area (Å²) >= 11 is 0. The van der Waals surface area contributed by atoms with E-state index < -0.39 is 0 Å². The second kappa shape index (κ2) is 13.6. The van der Waals surface area contributed by atoms with Gasteiger partial charge in [0.1, 0.15) is 11.2 Å². The number of furan rings is 1. The van der Waals surface area contributed by atoms with Gasteiger partial charge in [-0.05, 0) is 88.5 Å². The largest absolute Gasteiger partial charge is 0.456 e. The van der Waals surface area contributed by atoms with E-state index in [2.05, 4.69) is 222 Å². The molecule has 2 aromatic heterocycles. The lowest BCUT2D eigenvalue weighted by Gasteiger charge is -2.25. The second-order valence-electron chi connectivity index (χ2n) is 14.5. The predicted molar refractivity (Wildman–Crippen MR) is 239 cm³/mol. The topological polar surface area (TPSA) is 21.3 Å². The number of fused-ring (bicyclic) bond motifs is 6. The van der Waals surface area contributed by atoms with Gasteiger partial charge < -0.3 is 13.9 Å². The van der Waals surface area contributed by atoms with E-state index in [0.29, 0.717) is 0 Å². The predicted octanol–water partition coefficient (Wildman–Crippen LogP) is 15.2. The molecule has 2 heterocycles. The van der Waals surface area contributed by atoms with Gasteiger partial charge in [0.25, 0.3) is 0 Å². The van der Waals surface area contributed by atoms with E-state index in [-0.39, 0.29) is 0 Å². The lowest BCUT2D eigenvalue weighted by molar-refractivity contribution is 0.669. The molecule has 0 aliphatic heterocycles. The second-order valence-corrected chi connectivity index (χ2v) is 14.5. The van der Waals surface area contributed by atoms with Gasteiger partial charge in [-0.2, -0.15) is 0 Å². The molecule has 57 heavy (non-hydrogen) atoms. The minimum Gasteiger partial charge on any atom is -0.456 e. The zero-order valence-corrected chi connectivity index (χ0v) is 31.1. The van der Waals surface area contributed by atoms with Gasteiger partial charge in [-0.1, -0.05) is 152 Å². The normalized spacial score (nSPS) is 11.5. The van der Waals surface area contributed by atoms with Crippen molar-refractivity contribution in [3.8, 4) is 39.1 Å². The zero-order valence-electron chi connectivity index (χ0n) is 31.1. The van der Waals surface area contributed by atoms with E-state index >= 15 is 0 Å². The van der Waals surface area contributed by atoms with Crippen molar-refractivity contribution in [2.45, 2.75) is 0 Å². The molecule has 0 saturated heterocycles. The molecule has 268 valence electrons. The standard InChI is InChI=1S/C54H36N2O/c1-4-14-37(15-5-1)38-24-26-41(27-25-38)52-53-46-20-10-12-22-48(46)56(49(53)36-51-54(52)47-21-11-13-23-50(47)57-51)45-34-30-40(31-35-45)39-28-32-44(33-29-39)55(42-16-6-2-7-17-42)43-18-8-3-9-19-43/h1-36H. The molecule has 3 nitrogen and oxygen atoms in total. The molecule has 11 rings (SSSR count). The quantitative estimate of drug-likeness (QED) is 0.163. The van der Waals surface area contributed by atoms with Crippen molar-refractivity contribution in [1.82, 2.24) is 4.57 Å². The molecule has 3 heteroatoms. The number of benzene rings is 9. The van der Waals surface area contributed by atoms with Crippen molar-refractivity contribution in [2.24, 2.45) is 0 Å². The van der Waals surface area contributed by atoms with E-state index in [1.165, 1.54) is 33.0 Å². The first kappa shape index (κ1) is 32.8. The number of hydrogen-bond donors (Lipinski definition) is 0. The highest BCUT2D eigenvalue weighted by Crippen LogP contribution is 2.46. The molecular formula is C54H36N2O. The van der Waals surface area contributed by atoms with E-state index in [4.69, 9.17) is 4.42 Å². The summed E-state index contributed by atoms with van der Waals surface area (Å²) in [5.41, 5.74) is 15.6. The van der Waals surface area contributed by atoms with Crippen molar-refractivity contribution < 1.29 is 4.42 Å². The van der Waals surface area contributed by atoms with E-state index in [0.717, 1.165) is 66.8 Å². The fourth-order valence-electron chi connectivity index (χ4n) is 8.57. The highest BCUT2D eigenvalue weighted by atomic mass is 16.3. The van der Waals surface area contributed by atoms with Crippen molar-refractivity contribution in [3.63, 3.8) is 0 Å². The summed E-state index contributed by atoms with van der Waals surface area (Å²) in [6, 6.07) is 77.9. The Bertz CT molecular complexity index is 3140. The van der Waals surface area contributed by atoms with Crippen molar-refractivity contribution in [3.05, 3.63) is 218 Å². The molecule has 0 N–H and O–H groups in total. The number of nitrogens with zero attached hydrogens (tertiary/aromatic N) is 2. The Balaban J connectivity index is 1.04. The SMILES string of the molecule is c1ccc(-c2ccc(-c3c4c(cc5c3c3ccccc3n5-c3ccc(-c5ccc(N(c6ccccc6)c6ccccc6)cc5)cc3)oc3ccccc34)cc2)cc1. The minimum absolute atomic E-state index is 0.881. The maximum Gasteiger partial charge on any atom is 0.138 e. The Hall–Kier alpha value is -7.62. The molecule has 0 aliphatic carbocycles. The van der Waals surface area contributed by atoms with Gasteiger partial charge in [-0.25, -0.2) is 0 Å². The molecule has 0 aliphatic rings. The maximum absolute atomic E-state index is 6.65. The summed E-state index contributed by atoms with van der Waals surface area (Å²) in [6.45, 7) is 0. The summed E-state index contributed by atoms with van der Waals surface area (Å²) in [5.74, 6) is 0. The minimum atomic E-state index is 0.881. The summed E-state index contributed by atoms with van der Waals surface area (Å²) in [7, 11) is 0. The molecule has 0 saturated carbocycles. The first-order chi connectivity index (χ1) is 28.3. The maximum atomic E-state index is 6.65. The fraction of sp³-hybridized carbons (Fsp3) is 0. The summed E-state index contributed by atoms with van der Waals surface area (Å²) in [6.07, 6.45) is 0. The van der Waals surface area contributed by atoms with Crippen LogP contribution in [0.15, 0.2) is 223 Å². The van der Waals surface area contributed by atoms with Crippen LogP contribution in [-0.4, -0.2) is 4.57 Å². The molecule has 0 unspecified atom stereocenters. The van der Waals surface area contributed by atoms with Gasteiger partial charge in [0.05, 0.1) is 11.0 Å². The number of anilines is 3. The molecule has 0 fully saturated rings. The number of rotatable bonds is 7. The zero-order chi connectivity index (χ0) is 37.7. The van der Waals surface area contributed by atoms with Crippen LogP contribution >= 0.6 is 0 Å². The van der Waals surface area contributed by atoms with Crippen molar-refractivity contribution in [2.75, 3.05) is 4.90 Å². The van der Waals surface area contributed by atoms with E-state index in [1.807, 2.05) is 6.07 Å². The van der Waals surface area contributed by atoms with Gasteiger partial charge in [0, 0.05) is 55.9 Å². The average molecular weight is 729 g/mol. The first-order valence-corrected chi connectivity index (χ1v) is 19.4. The smallest absolute Gasteiger partial charge is 0.138 e. The number of para-hydroxylation sites is 4. The summed E-state index contributed by atoms with van der Waals surface area (Å²) in [4.78, 5) is 2.29. The van der Waals surface area contributed by atoms with Crippen molar-refractivity contribution >= 4 is 60.8 Å². The molecule has 0 atom stereocenters. The van der Waals surface area contributed by atoms with Crippen LogP contribution in [0.3, 0.4) is 0 Å². The van der Waals surface area contributed by atoms with E-state index in [9.17, 15) is 0 Å². The van der Waals surface area contributed by atoms with Crippen LogP contribution < -0.4 is 4.90 Å². The lowest BCUT2D eigenvalue weighted by atomic mass is 9.93. The summed E-state index contributed by atoms with van der Waals surface area (Å²) < 4.78 is 9.04. The van der Waals surface area contributed by atoms with Crippen LogP contribution in [-0.2, 0) is 0 Å². The lowest BCUT2D eigenvalue weighted by Crippen LogP contribution is -2.09. The third-order valence-corrected chi connectivity index (χ3v) is 11.2. The Morgan fingerprint density at radius 3 is 1.46 bits per heavy atom. The number of hydrogen-bond acceptors (Lipinski definition) is 2. The van der Waals surface area contributed by atoms with Crippen LogP contribution in [0.4, 0.5) is 17.1 Å². The Morgan fingerprint density at radius 1 is 0.333 bits per heavy atom. The third-order valence-electron chi connectivity index (χ3n) is 11.2. The molecule has 9 aromatic carbocycles. The van der Waals surface area contributed by atoms with Gasteiger partial charge >= 0.3 is 0 Å². The van der Waals surface area contributed by atoms with Crippen molar-refractivity contribution in [1.29, 1.82) is 0 Å². The Labute approximate surface area is 330 Å². The molecule has 0 bridgehead atoms. The number of aromatic nitrogens is 1. The highest BCUT2D eigenvalue weighted by molar-refractivity contribution is 6.27. The summed E-state index contributed by atoms with van der Waals surface area (Å²) in [5, 5.41) is 4.70. The monoisotopic (exact) mass is 728 g/mol. The average Bonchev–Trinajstić information content (AvgIpc) is 3.82. The van der Waals surface area contributed by atoms with Gasteiger partial charge in [-0.3, -0.25) is 0 Å². The van der Waals surface area contributed by atoms with Crippen LogP contribution in [0.5, 0.6) is 0 Å². The van der Waals surface area contributed by atoms with Gasteiger partial charge in [0.2, 0.25) is 0 Å². The van der Waals surface area contributed by atoms with Crippen LogP contribution in [0.25, 0.3) is 82.8 Å². The van der Waals surface area contributed by atoms with Crippen LogP contribution in [0.2, 0.25) is 0 Å². The van der Waals surface area contributed by atoms with E-state index in [1.54, 1.807) is 0 Å². The van der Waals surface area contributed by atoms with Gasteiger partial charge in [-0.15, -0.1) is 0 Å². The molecule has 0 spiro atoms. The van der Waals surface area contributed by atoms with Crippen LogP contribution in [0.1, 0.15) is 0 Å². The molecular weight excluding hydrogens is 693 g/mol. The van der Waals surface area contributed by atoms with Crippen LogP contribution in [0, 0.1) is 0 Å². The fourth-order valence-corrected chi connectivity index (χ4v) is 8.57. The molecule has 0 radical (unpaired) electrons. The highest BCUT2D eigenvalue weighted by Gasteiger charge is 2.23. The Kier molecular flexibility index (Phi) is 7.82. The first-order valence-electron chi connectivity index (χ1n) is 19.4.